The van der Waals surface area contributed by atoms with E-state index in [1.165, 1.54) is 35.1 Å². The number of piperidine rings is 1. The van der Waals surface area contributed by atoms with Crippen molar-refractivity contribution in [3.63, 3.8) is 0 Å². The lowest BCUT2D eigenvalue weighted by Gasteiger charge is -2.33. The zero-order chi connectivity index (χ0) is 18.1. The second-order valence-corrected chi connectivity index (χ2v) is 9.10. The van der Waals surface area contributed by atoms with Gasteiger partial charge in [0.2, 0.25) is 5.91 Å². The van der Waals surface area contributed by atoms with Crippen molar-refractivity contribution in [3.05, 3.63) is 16.8 Å². The van der Waals surface area contributed by atoms with Gasteiger partial charge in [-0.3, -0.25) is 4.79 Å². The quantitative estimate of drug-likeness (QED) is 0.891. The van der Waals surface area contributed by atoms with E-state index in [0.717, 1.165) is 49.5 Å². The Morgan fingerprint density at radius 2 is 2.15 bits per heavy atom. The summed E-state index contributed by atoms with van der Waals surface area (Å²) in [6.07, 6.45) is 8.56. The Bertz CT molecular complexity index is 800. The Morgan fingerprint density at radius 1 is 1.31 bits per heavy atom. The highest BCUT2D eigenvalue weighted by Crippen LogP contribution is 2.40. The van der Waals surface area contributed by atoms with Crippen LogP contribution in [0.2, 0.25) is 0 Å². The molecule has 6 heteroatoms. The van der Waals surface area contributed by atoms with Gasteiger partial charge in [-0.25, -0.2) is 9.97 Å². The van der Waals surface area contributed by atoms with Gasteiger partial charge in [0, 0.05) is 24.5 Å². The number of hydrogen-bond acceptors (Lipinski definition) is 5. The maximum Gasteiger partial charge on any atom is 0.224 e. The molecule has 0 saturated carbocycles. The molecule has 2 aliphatic rings. The molecule has 2 aromatic rings. The molecular formula is C20H28N4OS. The van der Waals surface area contributed by atoms with Crippen LogP contribution in [0, 0.1) is 11.8 Å². The molecule has 0 spiro atoms. The first-order valence-corrected chi connectivity index (χ1v) is 10.7. The fourth-order valence-electron chi connectivity index (χ4n) is 4.15. The van der Waals surface area contributed by atoms with Crippen LogP contribution in [0.1, 0.15) is 50.0 Å². The van der Waals surface area contributed by atoms with Gasteiger partial charge in [-0.05, 0) is 50.0 Å². The molecule has 1 aliphatic carbocycles. The van der Waals surface area contributed by atoms with Gasteiger partial charge < -0.3 is 10.2 Å². The number of nitrogens with zero attached hydrogens (tertiary/aromatic N) is 3. The third-order valence-electron chi connectivity index (χ3n) is 5.51. The second-order valence-electron chi connectivity index (χ2n) is 8.01. The number of amides is 1. The van der Waals surface area contributed by atoms with Crippen LogP contribution in [-0.4, -0.2) is 35.5 Å². The summed E-state index contributed by atoms with van der Waals surface area (Å²) in [4.78, 5) is 26.7. The summed E-state index contributed by atoms with van der Waals surface area (Å²) < 4.78 is 0. The van der Waals surface area contributed by atoms with Crippen molar-refractivity contribution in [2.45, 2.75) is 52.4 Å². The van der Waals surface area contributed by atoms with Gasteiger partial charge in [-0.2, -0.15) is 0 Å². The smallest absolute Gasteiger partial charge is 0.224 e. The third kappa shape index (κ3) is 3.43. The number of anilines is 1. The van der Waals surface area contributed by atoms with Crippen molar-refractivity contribution in [2.24, 2.45) is 11.8 Å². The van der Waals surface area contributed by atoms with Crippen molar-refractivity contribution in [3.8, 4) is 0 Å². The number of nitrogens with one attached hydrogen (secondary N) is 1. The minimum absolute atomic E-state index is 0.0574. The molecule has 1 N–H and O–H groups in total. The maximum atomic E-state index is 12.6. The van der Waals surface area contributed by atoms with E-state index >= 15 is 0 Å². The summed E-state index contributed by atoms with van der Waals surface area (Å²) in [5, 5.41) is 4.37. The molecule has 4 rings (SSSR count). The lowest BCUT2D eigenvalue weighted by molar-refractivity contribution is -0.125. The van der Waals surface area contributed by atoms with Gasteiger partial charge in [-0.15, -0.1) is 11.3 Å². The van der Waals surface area contributed by atoms with Gasteiger partial charge >= 0.3 is 0 Å². The molecular weight excluding hydrogens is 344 g/mol. The van der Waals surface area contributed by atoms with Crippen molar-refractivity contribution in [1.82, 2.24) is 15.3 Å². The molecule has 3 heterocycles. The predicted octanol–water partition coefficient (Wildman–Crippen LogP) is 3.56. The highest BCUT2D eigenvalue weighted by atomic mass is 32.1. The van der Waals surface area contributed by atoms with Crippen LogP contribution in [0.25, 0.3) is 10.2 Å². The average Bonchev–Trinajstić information content (AvgIpc) is 3.05. The van der Waals surface area contributed by atoms with Crippen molar-refractivity contribution < 1.29 is 4.79 Å². The predicted molar refractivity (Wildman–Crippen MR) is 107 cm³/mol. The topological polar surface area (TPSA) is 58.1 Å². The van der Waals surface area contributed by atoms with E-state index in [4.69, 9.17) is 0 Å². The summed E-state index contributed by atoms with van der Waals surface area (Å²) in [6, 6.07) is 0. The van der Waals surface area contributed by atoms with E-state index in [1.807, 2.05) is 11.3 Å². The van der Waals surface area contributed by atoms with Crippen LogP contribution >= 0.6 is 11.3 Å². The summed E-state index contributed by atoms with van der Waals surface area (Å²) in [7, 11) is 0. The van der Waals surface area contributed by atoms with Crippen LogP contribution < -0.4 is 10.2 Å². The minimum Gasteiger partial charge on any atom is -0.356 e. The van der Waals surface area contributed by atoms with E-state index in [1.54, 1.807) is 6.33 Å². The van der Waals surface area contributed by atoms with E-state index in [9.17, 15) is 4.79 Å². The van der Waals surface area contributed by atoms with Gasteiger partial charge in [0.05, 0.1) is 11.3 Å². The van der Waals surface area contributed by atoms with Gasteiger partial charge in [0.25, 0.3) is 0 Å². The summed E-state index contributed by atoms with van der Waals surface area (Å²) in [5.41, 5.74) is 1.47. The molecule has 1 aliphatic heterocycles. The lowest BCUT2D eigenvalue weighted by Crippen LogP contribution is -2.44. The molecule has 0 unspecified atom stereocenters. The number of carbonyl (C=O) groups is 1. The Balaban J connectivity index is 1.59. The van der Waals surface area contributed by atoms with E-state index in [-0.39, 0.29) is 11.8 Å². The van der Waals surface area contributed by atoms with Crippen LogP contribution in [0.3, 0.4) is 0 Å². The third-order valence-corrected chi connectivity index (χ3v) is 6.71. The summed E-state index contributed by atoms with van der Waals surface area (Å²) in [6.45, 7) is 6.76. The monoisotopic (exact) mass is 372 g/mol. The Kier molecular flexibility index (Phi) is 5.11. The first-order chi connectivity index (χ1) is 12.6. The highest BCUT2D eigenvalue weighted by molar-refractivity contribution is 7.19. The normalized spacial score (nSPS) is 20.4. The largest absolute Gasteiger partial charge is 0.356 e. The molecule has 140 valence electrons. The molecule has 1 fully saturated rings. The van der Waals surface area contributed by atoms with Crippen LogP contribution in [0.5, 0.6) is 0 Å². The molecule has 1 atom stereocenters. The number of thiophene rings is 1. The van der Waals surface area contributed by atoms with E-state index in [0.29, 0.717) is 5.92 Å². The fourth-order valence-corrected chi connectivity index (χ4v) is 5.37. The molecule has 0 bridgehead atoms. The standard InChI is InChI=1S/C20H28N4OS/c1-13(2)10-21-19(25)14-6-5-9-24(11-14)18-17-15-7-3-4-8-16(15)26-20(17)23-12-22-18/h12-14H,3-11H2,1-2H3,(H,21,25)/t14-/m1/s1. The second kappa shape index (κ2) is 7.51. The first kappa shape index (κ1) is 17.7. The number of aryl methyl sites for hydroxylation is 2. The van der Waals surface area contributed by atoms with Gasteiger partial charge in [-0.1, -0.05) is 13.8 Å². The Morgan fingerprint density at radius 3 is 3.00 bits per heavy atom. The molecule has 1 amide bonds. The maximum absolute atomic E-state index is 12.6. The van der Waals surface area contributed by atoms with Crippen LogP contribution in [-0.2, 0) is 17.6 Å². The Hall–Kier alpha value is -1.69. The molecule has 0 radical (unpaired) electrons. The molecule has 5 nitrogen and oxygen atoms in total. The van der Waals surface area contributed by atoms with E-state index in [2.05, 4.69) is 34.0 Å². The van der Waals surface area contributed by atoms with Gasteiger partial charge in [0.15, 0.2) is 0 Å². The Labute approximate surface area is 159 Å². The average molecular weight is 373 g/mol. The van der Waals surface area contributed by atoms with Crippen molar-refractivity contribution >= 4 is 33.3 Å². The molecule has 1 saturated heterocycles. The van der Waals surface area contributed by atoms with Crippen molar-refractivity contribution in [1.29, 1.82) is 0 Å². The summed E-state index contributed by atoms with van der Waals surface area (Å²) >= 11 is 1.84. The number of aromatic nitrogens is 2. The number of rotatable bonds is 4. The SMILES string of the molecule is CC(C)CNC(=O)[C@@H]1CCCN(c2ncnc3sc4c(c23)CCCC4)C1. The zero-order valence-corrected chi connectivity index (χ0v) is 16.6. The van der Waals surface area contributed by atoms with Gasteiger partial charge in [0.1, 0.15) is 17.0 Å². The number of carbonyl (C=O) groups excluding carboxylic acids is 1. The minimum atomic E-state index is 0.0574. The first-order valence-electron chi connectivity index (χ1n) is 9.91. The van der Waals surface area contributed by atoms with E-state index < -0.39 is 0 Å². The van der Waals surface area contributed by atoms with Crippen LogP contribution in [0.15, 0.2) is 6.33 Å². The summed E-state index contributed by atoms with van der Waals surface area (Å²) in [5.74, 6) is 1.79. The lowest BCUT2D eigenvalue weighted by atomic mass is 9.95. The zero-order valence-electron chi connectivity index (χ0n) is 15.8. The molecule has 2 aromatic heterocycles. The number of fused-ring (bicyclic) bond motifs is 3. The number of hydrogen-bond donors (Lipinski definition) is 1. The van der Waals surface area contributed by atoms with Crippen LogP contribution in [0.4, 0.5) is 5.82 Å². The molecule has 26 heavy (non-hydrogen) atoms. The fraction of sp³-hybridized carbons (Fsp3) is 0.650. The van der Waals surface area contributed by atoms with Crippen molar-refractivity contribution in [2.75, 3.05) is 24.5 Å². The highest BCUT2D eigenvalue weighted by Gasteiger charge is 2.29. The molecule has 0 aromatic carbocycles.